The van der Waals surface area contributed by atoms with Gasteiger partial charge in [0, 0.05) is 6.07 Å². The average molecular weight is 232 g/mol. The van der Waals surface area contributed by atoms with Crippen LogP contribution in [0.4, 0.5) is 0 Å². The zero-order valence-corrected chi connectivity index (χ0v) is 9.25. The fourth-order valence-electron chi connectivity index (χ4n) is 1.38. The molecular formula is C13H12O4. The monoisotopic (exact) mass is 232 g/mol. The minimum atomic E-state index is 0.111. The molecule has 0 atom stereocenters. The topological polar surface area (TPSA) is 58.9 Å². The molecule has 2 aromatic carbocycles. The zero-order chi connectivity index (χ0) is 12.3. The predicted octanol–water partition coefficient (Wildman–Crippen LogP) is 2.90. The molecule has 4 nitrogen and oxygen atoms in total. The molecule has 4 heteroatoms. The van der Waals surface area contributed by atoms with E-state index < -0.39 is 0 Å². The highest BCUT2D eigenvalue weighted by molar-refractivity contribution is 5.47. The van der Waals surface area contributed by atoms with Crippen LogP contribution in [0.25, 0.3) is 0 Å². The molecule has 88 valence electrons. The van der Waals surface area contributed by atoms with Crippen LogP contribution in [0.1, 0.15) is 0 Å². The molecule has 0 bridgehead atoms. The maximum atomic E-state index is 9.30. The van der Waals surface area contributed by atoms with E-state index in [1.54, 1.807) is 18.2 Å². The van der Waals surface area contributed by atoms with Gasteiger partial charge in [0.25, 0.3) is 0 Å². The highest BCUT2D eigenvalue weighted by Gasteiger charge is 2.06. The lowest BCUT2D eigenvalue weighted by Gasteiger charge is -2.10. The van der Waals surface area contributed by atoms with Gasteiger partial charge in [-0.05, 0) is 36.4 Å². The molecule has 0 amide bonds. The van der Waals surface area contributed by atoms with E-state index in [0.29, 0.717) is 17.2 Å². The highest BCUT2D eigenvalue weighted by Crippen LogP contribution is 2.34. The Morgan fingerprint density at radius 3 is 2.12 bits per heavy atom. The standard InChI is InChI=1S/C13H12O4/c1-16-13-8-10(15)4-7-12(13)17-11-5-2-9(14)3-6-11/h2-8,14-15H,1H3. The Hall–Kier alpha value is -2.36. The molecule has 17 heavy (non-hydrogen) atoms. The van der Waals surface area contributed by atoms with Gasteiger partial charge in [0.15, 0.2) is 11.5 Å². The molecule has 0 saturated heterocycles. The van der Waals surface area contributed by atoms with Gasteiger partial charge in [0.2, 0.25) is 0 Å². The Labute approximate surface area is 98.7 Å². The minimum Gasteiger partial charge on any atom is -0.508 e. The Morgan fingerprint density at radius 1 is 0.824 bits per heavy atom. The van der Waals surface area contributed by atoms with Crippen LogP contribution in [0, 0.1) is 0 Å². The van der Waals surface area contributed by atoms with Crippen LogP contribution in [-0.2, 0) is 0 Å². The molecule has 0 aromatic heterocycles. The number of aromatic hydroxyl groups is 2. The van der Waals surface area contributed by atoms with Crippen molar-refractivity contribution in [2.45, 2.75) is 0 Å². The first-order valence-corrected chi connectivity index (χ1v) is 5.03. The van der Waals surface area contributed by atoms with Crippen molar-refractivity contribution in [3.05, 3.63) is 42.5 Å². The van der Waals surface area contributed by atoms with Crippen molar-refractivity contribution in [2.24, 2.45) is 0 Å². The zero-order valence-electron chi connectivity index (χ0n) is 9.25. The number of ether oxygens (including phenoxy) is 2. The van der Waals surface area contributed by atoms with Crippen LogP contribution in [0.15, 0.2) is 42.5 Å². The molecule has 0 aliphatic heterocycles. The van der Waals surface area contributed by atoms with Gasteiger partial charge in [0.05, 0.1) is 7.11 Å². The minimum absolute atomic E-state index is 0.111. The number of methoxy groups -OCH3 is 1. The summed E-state index contributed by atoms with van der Waals surface area (Å²) in [5, 5.41) is 18.4. The molecule has 0 radical (unpaired) electrons. The number of benzene rings is 2. The van der Waals surface area contributed by atoms with E-state index in [4.69, 9.17) is 14.6 Å². The fourth-order valence-corrected chi connectivity index (χ4v) is 1.38. The quantitative estimate of drug-likeness (QED) is 0.854. The summed E-state index contributed by atoms with van der Waals surface area (Å²) in [4.78, 5) is 0. The van der Waals surface area contributed by atoms with Crippen molar-refractivity contribution in [1.82, 2.24) is 0 Å². The molecule has 0 heterocycles. The molecule has 0 spiro atoms. The largest absolute Gasteiger partial charge is 0.508 e. The van der Waals surface area contributed by atoms with Crippen LogP contribution in [0.3, 0.4) is 0 Å². The lowest BCUT2D eigenvalue weighted by Crippen LogP contribution is -1.89. The van der Waals surface area contributed by atoms with Gasteiger partial charge >= 0.3 is 0 Å². The predicted molar refractivity (Wildman–Crippen MR) is 62.8 cm³/mol. The summed E-state index contributed by atoms with van der Waals surface area (Å²) in [5.41, 5.74) is 0. The third-order valence-corrected chi connectivity index (χ3v) is 2.21. The molecule has 0 fully saturated rings. The Bertz CT molecular complexity index is 505. The van der Waals surface area contributed by atoms with Crippen molar-refractivity contribution in [1.29, 1.82) is 0 Å². The first-order valence-electron chi connectivity index (χ1n) is 5.03. The molecule has 0 saturated carbocycles. The van der Waals surface area contributed by atoms with Crippen molar-refractivity contribution in [2.75, 3.05) is 7.11 Å². The fraction of sp³-hybridized carbons (Fsp3) is 0.0769. The van der Waals surface area contributed by atoms with Crippen LogP contribution in [0.2, 0.25) is 0 Å². The number of hydrogen-bond donors (Lipinski definition) is 2. The summed E-state index contributed by atoms with van der Waals surface area (Å²) in [7, 11) is 1.50. The van der Waals surface area contributed by atoms with Crippen LogP contribution in [0.5, 0.6) is 28.7 Å². The molecule has 2 rings (SSSR count). The summed E-state index contributed by atoms with van der Waals surface area (Å²) in [6, 6.07) is 10.9. The Morgan fingerprint density at radius 2 is 1.47 bits per heavy atom. The van der Waals surface area contributed by atoms with E-state index in [1.165, 1.54) is 31.4 Å². The van der Waals surface area contributed by atoms with Crippen molar-refractivity contribution in [3.63, 3.8) is 0 Å². The van der Waals surface area contributed by atoms with Crippen molar-refractivity contribution >= 4 is 0 Å². The second-order valence-electron chi connectivity index (χ2n) is 3.43. The summed E-state index contributed by atoms with van der Waals surface area (Å²) >= 11 is 0. The second kappa shape index (κ2) is 4.65. The Balaban J connectivity index is 2.26. The SMILES string of the molecule is COc1cc(O)ccc1Oc1ccc(O)cc1. The smallest absolute Gasteiger partial charge is 0.169 e. The van der Waals surface area contributed by atoms with E-state index in [9.17, 15) is 5.11 Å². The molecule has 0 aliphatic rings. The maximum absolute atomic E-state index is 9.30. The molecule has 2 aromatic rings. The van der Waals surface area contributed by atoms with Gasteiger partial charge in [-0.2, -0.15) is 0 Å². The summed E-state index contributed by atoms with van der Waals surface area (Å²) in [6.45, 7) is 0. The maximum Gasteiger partial charge on any atom is 0.169 e. The van der Waals surface area contributed by atoms with E-state index >= 15 is 0 Å². The number of phenols is 2. The molecule has 0 aliphatic carbocycles. The van der Waals surface area contributed by atoms with Gasteiger partial charge in [-0.25, -0.2) is 0 Å². The molecule has 2 N–H and O–H groups in total. The van der Waals surface area contributed by atoms with E-state index in [-0.39, 0.29) is 11.5 Å². The van der Waals surface area contributed by atoms with Gasteiger partial charge in [-0.1, -0.05) is 0 Å². The first kappa shape index (κ1) is 11.1. The lowest BCUT2D eigenvalue weighted by molar-refractivity contribution is 0.373. The lowest BCUT2D eigenvalue weighted by atomic mass is 10.3. The van der Waals surface area contributed by atoms with E-state index in [2.05, 4.69) is 0 Å². The first-order chi connectivity index (χ1) is 8.19. The highest BCUT2D eigenvalue weighted by atomic mass is 16.5. The molecule has 0 unspecified atom stereocenters. The molecular weight excluding hydrogens is 220 g/mol. The third-order valence-electron chi connectivity index (χ3n) is 2.21. The number of hydrogen-bond acceptors (Lipinski definition) is 4. The van der Waals surface area contributed by atoms with Gasteiger partial charge in [-0.3, -0.25) is 0 Å². The summed E-state index contributed by atoms with van der Waals surface area (Å²) in [6.07, 6.45) is 0. The van der Waals surface area contributed by atoms with Crippen LogP contribution in [-0.4, -0.2) is 17.3 Å². The van der Waals surface area contributed by atoms with E-state index in [1.807, 2.05) is 0 Å². The summed E-state index contributed by atoms with van der Waals surface area (Å²) in [5.74, 6) is 1.80. The Kier molecular flexibility index (Phi) is 3.05. The van der Waals surface area contributed by atoms with Gasteiger partial charge in [-0.15, -0.1) is 0 Å². The summed E-state index contributed by atoms with van der Waals surface area (Å²) < 4.78 is 10.7. The van der Waals surface area contributed by atoms with Gasteiger partial charge in [0.1, 0.15) is 17.2 Å². The number of phenolic OH excluding ortho intramolecular Hbond substituents is 2. The van der Waals surface area contributed by atoms with Crippen molar-refractivity contribution < 1.29 is 19.7 Å². The second-order valence-corrected chi connectivity index (χ2v) is 3.43. The number of rotatable bonds is 3. The third kappa shape index (κ3) is 2.60. The van der Waals surface area contributed by atoms with Crippen LogP contribution >= 0.6 is 0 Å². The average Bonchev–Trinajstić information content (AvgIpc) is 2.34. The van der Waals surface area contributed by atoms with E-state index in [0.717, 1.165) is 0 Å². The van der Waals surface area contributed by atoms with Crippen LogP contribution < -0.4 is 9.47 Å². The van der Waals surface area contributed by atoms with Gasteiger partial charge < -0.3 is 19.7 Å². The normalized spacial score (nSPS) is 9.94. The van der Waals surface area contributed by atoms with Crippen molar-refractivity contribution in [3.8, 4) is 28.7 Å².